The van der Waals surface area contributed by atoms with Crippen LogP contribution in [0.25, 0.3) is 0 Å². The standard InChI is InChI=1S/CH4N2.BF4/c2-1-3;2-1(3,4)5/h1H,(H3,2,3);/q;-1/p+1. The number of hydrogen-bond acceptors (Lipinski definition) is 0. The van der Waals surface area contributed by atoms with Crippen molar-refractivity contribution in [1.82, 2.24) is 0 Å². The molecule has 0 unspecified atom stereocenters. The zero-order valence-electron chi connectivity index (χ0n) is 3.82. The van der Waals surface area contributed by atoms with Crippen molar-refractivity contribution in [3.8, 4) is 0 Å². The molecule has 8 heavy (non-hydrogen) atoms. The molecule has 0 aromatic carbocycles. The zero-order valence-corrected chi connectivity index (χ0v) is 3.82. The molecule has 0 heterocycles. The van der Waals surface area contributed by atoms with Crippen LogP contribution in [0.3, 0.4) is 0 Å². The monoisotopic (exact) mass is 132 g/mol. The van der Waals surface area contributed by atoms with E-state index in [1.165, 1.54) is 0 Å². The number of rotatable bonds is 0. The third-order valence-electron chi connectivity index (χ3n) is 0. The molecule has 0 atom stereocenters. The maximum Gasteiger partial charge on any atom is 0.673 e. The Kier molecular flexibility index (Phi) is 5.67. The van der Waals surface area contributed by atoms with E-state index in [1.807, 2.05) is 0 Å². The first-order chi connectivity index (χ1) is 3.41. The lowest BCUT2D eigenvalue weighted by Gasteiger charge is -1.94. The summed E-state index contributed by atoms with van der Waals surface area (Å²) in [5.74, 6) is 0. The van der Waals surface area contributed by atoms with Crippen LogP contribution in [0.5, 0.6) is 0 Å². The second-order valence-electron chi connectivity index (χ2n) is 0.687. The van der Waals surface area contributed by atoms with Crippen molar-refractivity contribution in [2.24, 2.45) is 5.73 Å². The first kappa shape index (κ1) is 10.3. The van der Waals surface area contributed by atoms with Crippen LogP contribution < -0.4 is 11.1 Å². The molecule has 0 aliphatic heterocycles. The van der Waals surface area contributed by atoms with Gasteiger partial charge in [-0.3, -0.25) is 11.1 Å². The quantitative estimate of drug-likeness (QED) is 0.189. The van der Waals surface area contributed by atoms with E-state index in [4.69, 9.17) is 0 Å². The smallest absolute Gasteiger partial charge is 0.418 e. The van der Waals surface area contributed by atoms with Gasteiger partial charge in [-0.25, -0.2) is 0 Å². The van der Waals surface area contributed by atoms with Gasteiger partial charge in [0.25, 0.3) is 0 Å². The van der Waals surface area contributed by atoms with Crippen LogP contribution in [0.15, 0.2) is 0 Å². The van der Waals surface area contributed by atoms with Gasteiger partial charge < -0.3 is 17.3 Å². The normalized spacial score (nSPS) is 9.00. The molecule has 0 amide bonds. The molecular formula is CH5BF4N2. The Labute approximate surface area is 43.3 Å². The molecule has 0 rings (SSSR count). The van der Waals surface area contributed by atoms with Gasteiger partial charge in [-0.2, -0.15) is 0 Å². The molecule has 0 aromatic heterocycles. The first-order valence-corrected chi connectivity index (χ1v) is 1.54. The Bertz CT molecular complexity index is 53.5. The minimum absolute atomic E-state index is 1.00. The summed E-state index contributed by atoms with van der Waals surface area (Å²) in [5, 5.41) is 4.50. The van der Waals surface area contributed by atoms with Crippen LogP contribution >= 0.6 is 0 Å². The number of halogens is 4. The summed E-state index contributed by atoms with van der Waals surface area (Å²) in [6, 6.07) is 0. The Balaban J connectivity index is 0. The van der Waals surface area contributed by atoms with Gasteiger partial charge in [0.2, 0.25) is 6.34 Å². The molecule has 0 saturated heterocycles. The fourth-order valence-electron chi connectivity index (χ4n) is 0. The molecule has 0 fully saturated rings. The molecule has 0 radical (unpaired) electrons. The van der Waals surface area contributed by atoms with E-state index in [0.29, 0.717) is 0 Å². The highest BCUT2D eigenvalue weighted by molar-refractivity contribution is 6.50. The van der Waals surface area contributed by atoms with E-state index in [2.05, 4.69) is 11.1 Å². The molecule has 4 N–H and O–H groups in total. The number of nitrogens with two attached hydrogens (primary N) is 2. The second-order valence-corrected chi connectivity index (χ2v) is 0.687. The molecule has 50 valence electrons. The van der Waals surface area contributed by atoms with Crippen LogP contribution in [-0.4, -0.2) is 13.6 Å². The largest absolute Gasteiger partial charge is 0.673 e. The van der Waals surface area contributed by atoms with Gasteiger partial charge in [0.1, 0.15) is 0 Å². The number of hydrogen-bond donors (Lipinski definition) is 2. The van der Waals surface area contributed by atoms with Gasteiger partial charge in [-0.1, -0.05) is 0 Å². The van der Waals surface area contributed by atoms with E-state index in [0.717, 1.165) is 6.34 Å². The van der Waals surface area contributed by atoms with E-state index in [-0.39, 0.29) is 0 Å². The minimum atomic E-state index is -6.00. The van der Waals surface area contributed by atoms with Crippen LogP contribution in [-0.2, 0) is 0 Å². The Morgan fingerprint density at radius 3 is 1.25 bits per heavy atom. The zero-order chi connectivity index (χ0) is 7.21. The second kappa shape index (κ2) is 4.41. The van der Waals surface area contributed by atoms with Crippen LogP contribution in [0.4, 0.5) is 17.3 Å². The first-order valence-electron chi connectivity index (χ1n) is 1.54. The van der Waals surface area contributed by atoms with E-state index in [9.17, 15) is 17.3 Å². The fourth-order valence-corrected chi connectivity index (χ4v) is 0. The molecule has 0 bridgehead atoms. The highest BCUT2D eigenvalue weighted by Gasteiger charge is 2.20. The van der Waals surface area contributed by atoms with Crippen LogP contribution in [0.2, 0.25) is 0 Å². The van der Waals surface area contributed by atoms with Gasteiger partial charge in [-0.15, -0.1) is 0 Å². The molecule has 0 aliphatic carbocycles. The third-order valence-corrected chi connectivity index (χ3v) is 0. The average molecular weight is 132 g/mol. The predicted octanol–water partition coefficient (Wildman–Crippen LogP) is -0.968. The van der Waals surface area contributed by atoms with E-state index < -0.39 is 7.25 Å². The Hall–Kier alpha value is -0.745. The molecule has 0 aromatic rings. The summed E-state index contributed by atoms with van der Waals surface area (Å²) < 4.78 is 39.0. The highest BCUT2D eigenvalue weighted by atomic mass is 19.5. The van der Waals surface area contributed by atoms with Crippen molar-refractivity contribution in [1.29, 1.82) is 0 Å². The van der Waals surface area contributed by atoms with Crippen LogP contribution in [0, 0.1) is 0 Å². The molecule has 7 heteroatoms. The van der Waals surface area contributed by atoms with Gasteiger partial charge in [0.05, 0.1) is 0 Å². The van der Waals surface area contributed by atoms with Gasteiger partial charge in [-0.05, 0) is 0 Å². The van der Waals surface area contributed by atoms with Crippen molar-refractivity contribution in [3.05, 3.63) is 0 Å². The minimum Gasteiger partial charge on any atom is -0.418 e. The highest BCUT2D eigenvalue weighted by Crippen LogP contribution is 2.06. The molecular weight excluding hydrogens is 127 g/mol. The lowest BCUT2D eigenvalue weighted by atomic mass is 10.3. The van der Waals surface area contributed by atoms with Gasteiger partial charge >= 0.3 is 7.25 Å². The summed E-state index contributed by atoms with van der Waals surface area (Å²) in [5.41, 5.74) is 4.50. The lowest BCUT2D eigenvalue weighted by molar-refractivity contribution is -0.106. The lowest BCUT2D eigenvalue weighted by Crippen LogP contribution is -2.33. The van der Waals surface area contributed by atoms with Crippen LogP contribution in [0.1, 0.15) is 0 Å². The molecule has 0 saturated carbocycles. The van der Waals surface area contributed by atoms with Crippen molar-refractivity contribution >= 4 is 13.6 Å². The third kappa shape index (κ3) is 171. The summed E-state index contributed by atoms with van der Waals surface area (Å²) in [4.78, 5) is 0. The maximum atomic E-state index is 9.75. The van der Waals surface area contributed by atoms with Crippen molar-refractivity contribution in [2.75, 3.05) is 0 Å². The Morgan fingerprint density at radius 1 is 1.25 bits per heavy atom. The molecule has 2 nitrogen and oxygen atoms in total. The van der Waals surface area contributed by atoms with Crippen molar-refractivity contribution in [3.63, 3.8) is 0 Å². The van der Waals surface area contributed by atoms with E-state index >= 15 is 0 Å². The van der Waals surface area contributed by atoms with Crippen molar-refractivity contribution < 1.29 is 22.7 Å². The molecule has 0 aliphatic rings. The Morgan fingerprint density at radius 2 is 1.25 bits per heavy atom. The summed E-state index contributed by atoms with van der Waals surface area (Å²) in [6.07, 6.45) is 1.00. The maximum absolute atomic E-state index is 9.75. The summed E-state index contributed by atoms with van der Waals surface area (Å²) in [6.45, 7) is 0. The average Bonchev–Trinajstić information content (AvgIpc) is 1.27. The van der Waals surface area contributed by atoms with Gasteiger partial charge in [0.15, 0.2) is 0 Å². The van der Waals surface area contributed by atoms with E-state index in [1.54, 1.807) is 0 Å². The predicted molar refractivity (Wildman–Crippen MR) is 22.4 cm³/mol. The SMILES string of the molecule is F[B-](F)(F)F.NC=[NH2+]. The fraction of sp³-hybridized carbons (Fsp3) is 0. The summed E-state index contributed by atoms with van der Waals surface area (Å²) in [7, 11) is -6.00. The van der Waals surface area contributed by atoms with Gasteiger partial charge in [0, 0.05) is 0 Å². The topological polar surface area (TPSA) is 51.6 Å². The molecule has 0 spiro atoms. The van der Waals surface area contributed by atoms with Crippen molar-refractivity contribution in [2.45, 2.75) is 0 Å². The summed E-state index contributed by atoms with van der Waals surface area (Å²) >= 11 is 0.